The Bertz CT molecular complexity index is 261. The van der Waals surface area contributed by atoms with Gasteiger partial charge in [-0.3, -0.25) is 0 Å². The zero-order valence-electron chi connectivity index (χ0n) is 12.0. The summed E-state index contributed by atoms with van der Waals surface area (Å²) >= 11 is 0. The second kappa shape index (κ2) is 5.48. The Hall–Kier alpha value is -0.120. The van der Waals surface area contributed by atoms with E-state index in [1.807, 2.05) is 0 Å². The summed E-state index contributed by atoms with van der Waals surface area (Å²) in [6, 6.07) is 0.870. The van der Waals surface area contributed by atoms with E-state index in [9.17, 15) is 0 Å². The molecule has 1 heterocycles. The molecule has 0 aromatic heterocycles. The summed E-state index contributed by atoms with van der Waals surface area (Å²) in [5.74, 6) is 0. The van der Waals surface area contributed by atoms with Crippen molar-refractivity contribution in [3.05, 3.63) is 0 Å². The van der Waals surface area contributed by atoms with E-state index < -0.39 is 0 Å². The van der Waals surface area contributed by atoms with Gasteiger partial charge in [-0.1, -0.05) is 12.8 Å². The van der Waals surface area contributed by atoms with E-state index in [4.69, 9.17) is 0 Å². The van der Waals surface area contributed by atoms with Crippen molar-refractivity contribution in [3.8, 4) is 0 Å². The van der Waals surface area contributed by atoms with Crippen LogP contribution >= 0.6 is 0 Å². The minimum absolute atomic E-state index is 0.610. The van der Waals surface area contributed by atoms with E-state index in [1.165, 1.54) is 77.8 Å². The van der Waals surface area contributed by atoms with E-state index in [2.05, 4.69) is 22.2 Å². The zero-order chi connectivity index (χ0) is 12.4. The van der Waals surface area contributed by atoms with Gasteiger partial charge in [-0.05, 0) is 38.1 Å². The van der Waals surface area contributed by atoms with Crippen LogP contribution in [-0.2, 0) is 0 Å². The van der Waals surface area contributed by atoms with E-state index in [1.54, 1.807) is 0 Å². The number of nitrogens with one attached hydrogen (secondary N) is 1. The molecule has 3 fully saturated rings. The second-order valence-electron chi connectivity index (χ2n) is 6.94. The predicted octanol–water partition coefficient (Wildman–Crippen LogP) is 1.55. The van der Waals surface area contributed by atoms with Crippen LogP contribution in [0.3, 0.4) is 0 Å². The van der Waals surface area contributed by atoms with Crippen molar-refractivity contribution in [1.29, 1.82) is 0 Å². The topological polar surface area (TPSA) is 18.5 Å². The van der Waals surface area contributed by atoms with Crippen LogP contribution in [-0.4, -0.2) is 62.2 Å². The highest BCUT2D eigenvalue weighted by atomic mass is 15.2. The molecule has 2 aliphatic carbocycles. The molecule has 3 heteroatoms. The molecule has 104 valence electrons. The van der Waals surface area contributed by atoms with Crippen molar-refractivity contribution >= 4 is 0 Å². The molecule has 3 nitrogen and oxygen atoms in total. The highest BCUT2D eigenvalue weighted by Crippen LogP contribution is 2.39. The summed E-state index contributed by atoms with van der Waals surface area (Å²) in [7, 11) is 2.25. The molecule has 0 bridgehead atoms. The number of rotatable bonds is 5. The van der Waals surface area contributed by atoms with Crippen molar-refractivity contribution in [2.75, 3.05) is 46.3 Å². The summed E-state index contributed by atoms with van der Waals surface area (Å²) in [5.41, 5.74) is 0.610. The Kier molecular flexibility index (Phi) is 3.92. The van der Waals surface area contributed by atoms with Crippen LogP contribution in [0.5, 0.6) is 0 Å². The largest absolute Gasteiger partial charge is 0.313 e. The maximum absolute atomic E-state index is 3.80. The first-order valence-electron chi connectivity index (χ1n) is 7.90. The number of likely N-dealkylation sites (N-methyl/N-ethyl adjacent to an activating group) is 1. The van der Waals surface area contributed by atoms with E-state index in [0.29, 0.717) is 5.41 Å². The fourth-order valence-electron chi connectivity index (χ4n) is 3.64. The first kappa shape index (κ1) is 12.9. The van der Waals surface area contributed by atoms with Crippen LogP contribution in [0.2, 0.25) is 0 Å². The number of nitrogens with zero attached hydrogens (tertiary/aromatic N) is 2. The molecule has 0 aromatic rings. The van der Waals surface area contributed by atoms with E-state index in [0.717, 1.165) is 6.04 Å². The molecule has 0 aromatic carbocycles. The average molecular weight is 251 g/mol. The minimum atomic E-state index is 0.610. The third-order valence-electron chi connectivity index (χ3n) is 5.16. The first-order chi connectivity index (χ1) is 8.76. The molecule has 0 radical (unpaired) electrons. The number of piperazine rings is 1. The first-order valence-corrected chi connectivity index (χ1v) is 7.90. The second-order valence-corrected chi connectivity index (χ2v) is 6.94. The minimum Gasteiger partial charge on any atom is -0.313 e. The molecule has 1 aliphatic heterocycles. The molecular formula is C15H29N3. The molecule has 0 atom stereocenters. The molecular weight excluding hydrogens is 222 g/mol. The molecule has 1 N–H and O–H groups in total. The van der Waals surface area contributed by atoms with E-state index in [-0.39, 0.29) is 0 Å². The lowest BCUT2D eigenvalue weighted by Crippen LogP contribution is -2.50. The maximum Gasteiger partial charge on any atom is 0.0110 e. The third kappa shape index (κ3) is 3.25. The van der Waals surface area contributed by atoms with Gasteiger partial charge in [0.05, 0.1) is 0 Å². The van der Waals surface area contributed by atoms with Gasteiger partial charge in [-0.25, -0.2) is 0 Å². The monoisotopic (exact) mass is 251 g/mol. The van der Waals surface area contributed by atoms with Crippen LogP contribution in [0.4, 0.5) is 0 Å². The lowest BCUT2D eigenvalue weighted by atomic mass is 9.85. The highest BCUT2D eigenvalue weighted by molar-refractivity contribution is 4.93. The van der Waals surface area contributed by atoms with Crippen LogP contribution in [0.1, 0.15) is 38.5 Å². The van der Waals surface area contributed by atoms with Gasteiger partial charge in [-0.15, -0.1) is 0 Å². The third-order valence-corrected chi connectivity index (χ3v) is 5.16. The molecule has 3 aliphatic rings. The molecule has 2 saturated carbocycles. The fourth-order valence-corrected chi connectivity index (χ4v) is 3.64. The van der Waals surface area contributed by atoms with Crippen LogP contribution in [0, 0.1) is 5.41 Å². The zero-order valence-corrected chi connectivity index (χ0v) is 12.0. The summed E-state index contributed by atoms with van der Waals surface area (Å²) in [6.07, 6.45) is 8.67. The smallest absolute Gasteiger partial charge is 0.0110 e. The Balaban J connectivity index is 1.52. The van der Waals surface area contributed by atoms with Gasteiger partial charge < -0.3 is 15.1 Å². The Morgan fingerprint density at radius 1 is 1.06 bits per heavy atom. The molecule has 0 amide bonds. The van der Waals surface area contributed by atoms with Gasteiger partial charge in [0.25, 0.3) is 0 Å². The van der Waals surface area contributed by atoms with Crippen molar-refractivity contribution in [2.45, 2.75) is 44.6 Å². The summed E-state index contributed by atoms with van der Waals surface area (Å²) in [4.78, 5) is 5.18. The Morgan fingerprint density at radius 3 is 2.33 bits per heavy atom. The highest BCUT2D eigenvalue weighted by Gasteiger charge is 2.37. The molecule has 1 saturated heterocycles. The molecule has 0 unspecified atom stereocenters. The van der Waals surface area contributed by atoms with Gasteiger partial charge in [0, 0.05) is 45.3 Å². The van der Waals surface area contributed by atoms with Crippen molar-refractivity contribution in [1.82, 2.24) is 15.1 Å². The molecule has 18 heavy (non-hydrogen) atoms. The van der Waals surface area contributed by atoms with Crippen LogP contribution in [0.25, 0.3) is 0 Å². The lowest BCUT2D eigenvalue weighted by molar-refractivity contribution is 0.0961. The van der Waals surface area contributed by atoms with Crippen LogP contribution in [0.15, 0.2) is 0 Å². The maximum atomic E-state index is 3.80. The molecule has 0 spiro atoms. The van der Waals surface area contributed by atoms with Gasteiger partial charge in [0.2, 0.25) is 0 Å². The Morgan fingerprint density at radius 2 is 1.72 bits per heavy atom. The summed E-state index contributed by atoms with van der Waals surface area (Å²) in [6.45, 7) is 7.70. The number of hydrogen-bond acceptors (Lipinski definition) is 3. The van der Waals surface area contributed by atoms with Crippen molar-refractivity contribution in [2.24, 2.45) is 5.41 Å². The van der Waals surface area contributed by atoms with Crippen molar-refractivity contribution in [3.63, 3.8) is 0 Å². The fraction of sp³-hybridized carbons (Fsp3) is 1.00. The van der Waals surface area contributed by atoms with Gasteiger partial charge >= 0.3 is 0 Å². The van der Waals surface area contributed by atoms with Gasteiger partial charge in [-0.2, -0.15) is 0 Å². The number of hydrogen-bond donors (Lipinski definition) is 1. The van der Waals surface area contributed by atoms with Crippen LogP contribution < -0.4 is 5.32 Å². The normalized spacial score (nSPS) is 29.8. The summed E-state index contributed by atoms with van der Waals surface area (Å²) < 4.78 is 0. The van der Waals surface area contributed by atoms with E-state index >= 15 is 0 Å². The van der Waals surface area contributed by atoms with Gasteiger partial charge in [0.15, 0.2) is 0 Å². The lowest BCUT2D eigenvalue weighted by Gasteiger charge is -2.39. The van der Waals surface area contributed by atoms with Gasteiger partial charge in [0.1, 0.15) is 0 Å². The SMILES string of the molecule is CN1CCN(CC2(CNC3CC3)CCCC2)CC1. The summed E-state index contributed by atoms with van der Waals surface area (Å²) in [5, 5.41) is 3.80. The predicted molar refractivity (Wildman–Crippen MR) is 75.9 cm³/mol. The van der Waals surface area contributed by atoms with Crippen molar-refractivity contribution < 1.29 is 0 Å². The Labute approximate surface area is 112 Å². The average Bonchev–Trinajstić information content (AvgIpc) is 3.10. The molecule has 3 rings (SSSR count). The standard InChI is InChI=1S/C15H29N3/c1-17-8-10-18(11-9-17)13-15(6-2-3-7-15)12-16-14-4-5-14/h14,16H,2-13H2,1H3. The quantitative estimate of drug-likeness (QED) is 0.800.